The zero-order chi connectivity index (χ0) is 20.3. The largest absolute Gasteiger partial charge is 0.465 e. The van der Waals surface area contributed by atoms with E-state index in [-0.39, 0.29) is 18.4 Å². The Hall–Kier alpha value is -2.44. The van der Waals surface area contributed by atoms with Crippen molar-refractivity contribution in [2.75, 3.05) is 6.61 Å². The molecule has 0 saturated heterocycles. The number of rotatable bonds is 5. The molecule has 28 heavy (non-hydrogen) atoms. The average molecular weight is 417 g/mol. The predicted molar refractivity (Wildman–Crippen MR) is 112 cm³/mol. The lowest BCUT2D eigenvalue weighted by molar-refractivity contribution is -0.143. The van der Waals surface area contributed by atoms with Crippen LogP contribution in [-0.2, 0) is 16.1 Å². The molecule has 3 rings (SSSR count). The molecule has 0 unspecified atom stereocenters. The first-order chi connectivity index (χ1) is 13.4. The van der Waals surface area contributed by atoms with Gasteiger partial charge in [0.1, 0.15) is 6.54 Å². The Morgan fingerprint density at radius 1 is 1.18 bits per heavy atom. The number of benzene rings is 2. The van der Waals surface area contributed by atoms with Crippen LogP contribution in [-0.4, -0.2) is 23.1 Å². The zero-order valence-corrected chi connectivity index (χ0v) is 17.5. The molecule has 1 heterocycles. The van der Waals surface area contributed by atoms with Gasteiger partial charge in [-0.25, -0.2) is 0 Å². The third kappa shape index (κ3) is 4.51. The lowest BCUT2D eigenvalue weighted by Crippen LogP contribution is -2.23. The van der Waals surface area contributed by atoms with Crippen molar-refractivity contribution >= 4 is 45.0 Å². The van der Waals surface area contributed by atoms with E-state index < -0.39 is 0 Å². The number of amides is 1. The lowest BCUT2D eigenvalue weighted by Gasteiger charge is -2.07. The van der Waals surface area contributed by atoms with Gasteiger partial charge in [-0.05, 0) is 54.8 Å². The molecule has 0 fully saturated rings. The van der Waals surface area contributed by atoms with Crippen LogP contribution in [0.1, 0.15) is 42.6 Å². The molecule has 0 N–H and O–H groups in total. The van der Waals surface area contributed by atoms with Gasteiger partial charge in [-0.3, -0.25) is 9.59 Å². The van der Waals surface area contributed by atoms with E-state index in [1.807, 2.05) is 12.1 Å². The summed E-state index contributed by atoms with van der Waals surface area (Å²) in [6.45, 7) is 6.31. The summed E-state index contributed by atoms with van der Waals surface area (Å²) >= 11 is 7.27. The third-order valence-corrected chi connectivity index (χ3v) is 5.55. The summed E-state index contributed by atoms with van der Waals surface area (Å²) in [7, 11) is 0. The summed E-state index contributed by atoms with van der Waals surface area (Å²) in [5.41, 5.74) is 2.48. The number of carbonyl (C=O) groups excluding carboxylic acids is 2. The quantitative estimate of drug-likeness (QED) is 0.562. The van der Waals surface area contributed by atoms with Crippen LogP contribution in [0.25, 0.3) is 10.2 Å². The maximum Gasteiger partial charge on any atom is 0.326 e. The molecule has 3 aromatic rings. The molecule has 1 aromatic heterocycles. The lowest BCUT2D eigenvalue weighted by atomic mass is 10.0. The van der Waals surface area contributed by atoms with Crippen molar-refractivity contribution in [2.24, 2.45) is 4.99 Å². The van der Waals surface area contributed by atoms with Gasteiger partial charge in [-0.2, -0.15) is 4.99 Å². The van der Waals surface area contributed by atoms with Crippen LogP contribution in [0, 0.1) is 0 Å². The number of hydrogen-bond donors (Lipinski definition) is 0. The van der Waals surface area contributed by atoms with E-state index in [0.717, 1.165) is 10.2 Å². The molecule has 7 heteroatoms. The summed E-state index contributed by atoms with van der Waals surface area (Å²) < 4.78 is 7.79. The highest BCUT2D eigenvalue weighted by Crippen LogP contribution is 2.24. The van der Waals surface area contributed by atoms with Gasteiger partial charge in [0.05, 0.1) is 16.8 Å². The highest BCUT2D eigenvalue weighted by molar-refractivity contribution is 7.16. The third-order valence-electron chi connectivity index (χ3n) is 4.25. The van der Waals surface area contributed by atoms with Crippen LogP contribution in [0.3, 0.4) is 0 Å². The van der Waals surface area contributed by atoms with E-state index in [1.54, 1.807) is 35.8 Å². The molecular formula is C21H21ClN2O3S. The Morgan fingerprint density at radius 2 is 1.89 bits per heavy atom. The number of thiazole rings is 1. The smallest absolute Gasteiger partial charge is 0.326 e. The SMILES string of the molecule is CCOC(=O)Cn1c(=NC(=O)c2ccc(Cl)cc2)sc2cc(C(C)C)ccc21. The van der Waals surface area contributed by atoms with Crippen LogP contribution >= 0.6 is 22.9 Å². The molecule has 0 saturated carbocycles. The van der Waals surface area contributed by atoms with Crippen molar-refractivity contribution in [3.05, 3.63) is 63.4 Å². The monoisotopic (exact) mass is 416 g/mol. The second-order valence-electron chi connectivity index (χ2n) is 6.58. The summed E-state index contributed by atoms with van der Waals surface area (Å²) in [5.74, 6) is -0.374. The van der Waals surface area contributed by atoms with Crippen molar-refractivity contribution in [1.82, 2.24) is 4.57 Å². The standard InChI is InChI=1S/C21H21ClN2O3S/c1-4-27-19(25)12-24-17-10-7-15(13(2)3)11-18(17)28-21(24)23-20(26)14-5-8-16(22)9-6-14/h5-11,13H,4,12H2,1-3H3. The van der Waals surface area contributed by atoms with E-state index in [1.165, 1.54) is 16.9 Å². The number of aromatic nitrogens is 1. The Kier molecular flexibility index (Phi) is 6.31. The van der Waals surface area contributed by atoms with Gasteiger partial charge in [-0.15, -0.1) is 0 Å². The summed E-state index contributed by atoms with van der Waals surface area (Å²) in [4.78, 5) is 29.4. The number of hydrogen-bond acceptors (Lipinski definition) is 4. The van der Waals surface area contributed by atoms with Gasteiger partial charge in [0.25, 0.3) is 5.91 Å². The minimum atomic E-state index is -0.384. The number of esters is 1. The van der Waals surface area contributed by atoms with E-state index in [2.05, 4.69) is 24.9 Å². The van der Waals surface area contributed by atoms with Crippen molar-refractivity contribution in [2.45, 2.75) is 33.2 Å². The van der Waals surface area contributed by atoms with E-state index in [9.17, 15) is 9.59 Å². The van der Waals surface area contributed by atoms with Crippen molar-refractivity contribution in [3.63, 3.8) is 0 Å². The Bertz CT molecular complexity index is 1080. The first-order valence-electron chi connectivity index (χ1n) is 9.02. The highest BCUT2D eigenvalue weighted by Gasteiger charge is 2.14. The Morgan fingerprint density at radius 3 is 2.54 bits per heavy atom. The van der Waals surface area contributed by atoms with Crippen LogP contribution in [0.15, 0.2) is 47.5 Å². The summed E-state index contributed by atoms with van der Waals surface area (Å²) in [6.07, 6.45) is 0. The summed E-state index contributed by atoms with van der Waals surface area (Å²) in [6, 6.07) is 12.6. The predicted octanol–water partition coefficient (Wildman–Crippen LogP) is 4.78. The van der Waals surface area contributed by atoms with Gasteiger partial charge in [0.15, 0.2) is 4.80 Å². The molecule has 0 atom stereocenters. The van der Waals surface area contributed by atoms with Crippen molar-refractivity contribution in [3.8, 4) is 0 Å². The van der Waals surface area contributed by atoms with E-state index >= 15 is 0 Å². The van der Waals surface area contributed by atoms with Gasteiger partial charge in [-0.1, -0.05) is 42.9 Å². The molecule has 0 aliphatic carbocycles. The average Bonchev–Trinajstić information content (AvgIpc) is 2.98. The molecule has 0 radical (unpaired) electrons. The minimum Gasteiger partial charge on any atom is -0.465 e. The van der Waals surface area contributed by atoms with Crippen LogP contribution in [0.5, 0.6) is 0 Å². The number of nitrogens with zero attached hydrogens (tertiary/aromatic N) is 2. The first kappa shape index (κ1) is 20.3. The molecule has 146 valence electrons. The fraction of sp³-hybridized carbons (Fsp3) is 0.286. The van der Waals surface area contributed by atoms with Crippen molar-refractivity contribution in [1.29, 1.82) is 0 Å². The maximum atomic E-state index is 12.6. The minimum absolute atomic E-state index is 0.00158. The molecule has 1 amide bonds. The molecule has 5 nitrogen and oxygen atoms in total. The topological polar surface area (TPSA) is 60.7 Å². The van der Waals surface area contributed by atoms with Gasteiger partial charge < -0.3 is 9.30 Å². The van der Waals surface area contributed by atoms with E-state index in [0.29, 0.717) is 27.9 Å². The fourth-order valence-corrected chi connectivity index (χ4v) is 3.97. The van der Waals surface area contributed by atoms with E-state index in [4.69, 9.17) is 16.3 Å². The van der Waals surface area contributed by atoms with Gasteiger partial charge in [0.2, 0.25) is 0 Å². The number of ether oxygens (including phenoxy) is 1. The zero-order valence-electron chi connectivity index (χ0n) is 15.9. The first-order valence-corrected chi connectivity index (χ1v) is 10.2. The molecule has 0 aliphatic heterocycles. The number of carbonyl (C=O) groups is 2. The van der Waals surface area contributed by atoms with Crippen LogP contribution < -0.4 is 4.80 Å². The molecular weight excluding hydrogens is 396 g/mol. The number of halogens is 1. The molecule has 2 aromatic carbocycles. The maximum absolute atomic E-state index is 12.6. The summed E-state index contributed by atoms with van der Waals surface area (Å²) in [5, 5.41) is 0.553. The molecule has 0 bridgehead atoms. The van der Waals surface area contributed by atoms with Crippen LogP contribution in [0.4, 0.5) is 0 Å². The Labute approximate surface area is 172 Å². The van der Waals surface area contributed by atoms with Gasteiger partial charge in [0, 0.05) is 10.6 Å². The normalized spacial score (nSPS) is 12.0. The molecule has 0 spiro atoms. The van der Waals surface area contributed by atoms with Gasteiger partial charge >= 0.3 is 5.97 Å². The van der Waals surface area contributed by atoms with Crippen molar-refractivity contribution < 1.29 is 14.3 Å². The Balaban J connectivity index is 2.11. The fourth-order valence-electron chi connectivity index (χ4n) is 2.77. The molecule has 0 aliphatic rings. The highest BCUT2D eigenvalue weighted by atomic mass is 35.5. The number of fused-ring (bicyclic) bond motifs is 1. The second-order valence-corrected chi connectivity index (χ2v) is 8.03. The second kappa shape index (κ2) is 8.71. The van der Waals surface area contributed by atoms with Crippen LogP contribution in [0.2, 0.25) is 5.02 Å².